The predicted octanol–water partition coefficient (Wildman–Crippen LogP) is 2.08. The first-order valence-electron chi connectivity index (χ1n) is 12.1. The molecule has 0 unspecified atom stereocenters. The number of carbonyl (C=O) groups is 3. The number of ether oxygens (including phenoxy) is 1. The predicted molar refractivity (Wildman–Crippen MR) is 127 cm³/mol. The number of likely N-dealkylation sites (tertiary alicyclic amines) is 1. The minimum atomic E-state index is -5.08. The molecule has 0 aliphatic carbocycles. The third-order valence-electron chi connectivity index (χ3n) is 6.03. The fourth-order valence-corrected chi connectivity index (χ4v) is 4.03. The maximum Gasteiger partial charge on any atom is 0.490 e. The summed E-state index contributed by atoms with van der Waals surface area (Å²) in [4.78, 5) is 40.8. The Hall–Kier alpha value is -2.86. The molecule has 12 heteroatoms. The van der Waals surface area contributed by atoms with E-state index in [1.807, 2.05) is 21.9 Å². The number of benzene rings is 1. The Morgan fingerprint density at radius 1 is 1.03 bits per heavy atom. The zero-order chi connectivity index (χ0) is 26.6. The van der Waals surface area contributed by atoms with E-state index in [9.17, 15) is 22.8 Å². The van der Waals surface area contributed by atoms with Crippen LogP contribution in [0.15, 0.2) is 24.3 Å². The Labute approximate surface area is 209 Å². The summed E-state index contributed by atoms with van der Waals surface area (Å²) in [5.74, 6) is -1.90. The van der Waals surface area contributed by atoms with Crippen molar-refractivity contribution in [1.82, 2.24) is 20.0 Å². The highest BCUT2D eigenvalue weighted by Crippen LogP contribution is 2.15. The number of amides is 2. The Morgan fingerprint density at radius 3 is 2.14 bits per heavy atom. The monoisotopic (exact) mass is 516 g/mol. The van der Waals surface area contributed by atoms with Gasteiger partial charge in [-0.25, -0.2) is 4.79 Å². The molecule has 0 atom stereocenters. The summed E-state index contributed by atoms with van der Waals surface area (Å²) in [6.07, 6.45) is -1.23. The van der Waals surface area contributed by atoms with Gasteiger partial charge in [0, 0.05) is 51.3 Å². The number of piperazine rings is 1. The van der Waals surface area contributed by atoms with Crippen molar-refractivity contribution in [2.75, 3.05) is 66.0 Å². The highest BCUT2D eigenvalue weighted by atomic mass is 19.4. The number of hydrogen-bond donors (Lipinski definition) is 2. The van der Waals surface area contributed by atoms with Gasteiger partial charge in [-0.2, -0.15) is 13.2 Å². The van der Waals surface area contributed by atoms with Gasteiger partial charge >= 0.3 is 12.1 Å². The van der Waals surface area contributed by atoms with Gasteiger partial charge in [-0.05, 0) is 63.2 Å². The minimum absolute atomic E-state index is 0.0119. The van der Waals surface area contributed by atoms with E-state index in [-0.39, 0.29) is 11.8 Å². The molecular weight excluding hydrogens is 481 g/mol. The summed E-state index contributed by atoms with van der Waals surface area (Å²) in [6.45, 7) is 7.66. The number of methoxy groups -OCH3 is 1. The summed E-state index contributed by atoms with van der Waals surface area (Å²) >= 11 is 0. The van der Waals surface area contributed by atoms with Crippen molar-refractivity contribution in [2.24, 2.45) is 0 Å². The van der Waals surface area contributed by atoms with Crippen LogP contribution >= 0.6 is 0 Å². The van der Waals surface area contributed by atoms with Gasteiger partial charge in [0.2, 0.25) is 5.91 Å². The van der Waals surface area contributed by atoms with Gasteiger partial charge in [-0.3, -0.25) is 9.59 Å². The first kappa shape index (κ1) is 29.4. The largest absolute Gasteiger partial charge is 0.497 e. The van der Waals surface area contributed by atoms with E-state index in [2.05, 4.69) is 10.2 Å². The van der Waals surface area contributed by atoms with Crippen LogP contribution in [0.4, 0.5) is 13.2 Å². The van der Waals surface area contributed by atoms with Crippen molar-refractivity contribution in [1.29, 1.82) is 0 Å². The molecule has 202 valence electrons. The lowest BCUT2D eigenvalue weighted by Gasteiger charge is -2.29. The van der Waals surface area contributed by atoms with Crippen molar-refractivity contribution in [3.8, 4) is 5.75 Å². The Bertz CT molecular complexity index is 839. The van der Waals surface area contributed by atoms with E-state index in [1.165, 1.54) is 12.8 Å². The molecule has 2 aliphatic heterocycles. The maximum atomic E-state index is 13.1. The van der Waals surface area contributed by atoms with E-state index in [1.54, 1.807) is 19.2 Å². The van der Waals surface area contributed by atoms with Crippen LogP contribution in [0.2, 0.25) is 0 Å². The molecule has 2 N–H and O–H groups in total. The molecule has 2 amide bonds. The summed E-state index contributed by atoms with van der Waals surface area (Å²) in [6, 6.07) is 7.21. The average molecular weight is 517 g/mol. The number of carbonyl (C=O) groups excluding carboxylic acids is 2. The molecule has 2 saturated heterocycles. The van der Waals surface area contributed by atoms with Gasteiger partial charge in [0.25, 0.3) is 5.91 Å². The topological polar surface area (TPSA) is 102 Å². The van der Waals surface area contributed by atoms with Crippen molar-refractivity contribution >= 4 is 17.8 Å². The Morgan fingerprint density at radius 2 is 1.61 bits per heavy atom. The lowest BCUT2D eigenvalue weighted by atomic mass is 10.1. The zero-order valence-electron chi connectivity index (χ0n) is 20.6. The second-order valence-electron chi connectivity index (χ2n) is 8.61. The molecule has 0 aromatic heterocycles. The number of nitrogens with zero attached hydrogens (tertiary/aromatic N) is 3. The lowest BCUT2D eigenvalue weighted by Crippen LogP contribution is -2.47. The molecule has 0 bridgehead atoms. The highest BCUT2D eigenvalue weighted by Gasteiger charge is 2.38. The standard InChI is InChI=1S/C22H34N4O3.C2HF3O2/c1-29-20-7-5-19(6-8-20)22(28)26(15-4-14-24-12-2-3-13-24)16-9-21(27)25-17-10-23-11-18-25;3-2(4,5)1(6)7/h5-8,23H,2-4,9-18H2,1H3;(H,6,7). The number of hydrogen-bond acceptors (Lipinski definition) is 6. The van der Waals surface area contributed by atoms with Crippen molar-refractivity contribution in [3.05, 3.63) is 29.8 Å². The number of rotatable bonds is 9. The van der Waals surface area contributed by atoms with Crippen LogP contribution in [0, 0.1) is 0 Å². The minimum Gasteiger partial charge on any atom is -0.497 e. The second-order valence-corrected chi connectivity index (χ2v) is 8.61. The third-order valence-corrected chi connectivity index (χ3v) is 6.03. The molecule has 1 aromatic carbocycles. The van der Waals surface area contributed by atoms with Crippen LogP contribution in [0.1, 0.15) is 36.0 Å². The van der Waals surface area contributed by atoms with Gasteiger partial charge in [-0.15, -0.1) is 0 Å². The molecule has 0 spiro atoms. The van der Waals surface area contributed by atoms with Crippen molar-refractivity contribution < 1.29 is 37.4 Å². The van der Waals surface area contributed by atoms with E-state index in [0.29, 0.717) is 25.1 Å². The Balaban J connectivity index is 0.000000572. The van der Waals surface area contributed by atoms with Crippen LogP contribution in [0.3, 0.4) is 0 Å². The fourth-order valence-electron chi connectivity index (χ4n) is 4.03. The van der Waals surface area contributed by atoms with E-state index in [0.717, 1.165) is 58.0 Å². The maximum absolute atomic E-state index is 13.1. The molecule has 2 aliphatic rings. The van der Waals surface area contributed by atoms with Gasteiger partial charge in [0.05, 0.1) is 7.11 Å². The molecule has 2 heterocycles. The molecule has 1 aromatic rings. The van der Waals surface area contributed by atoms with E-state index >= 15 is 0 Å². The van der Waals surface area contributed by atoms with Gasteiger partial charge in [0.1, 0.15) is 5.75 Å². The van der Waals surface area contributed by atoms with Crippen LogP contribution in [-0.2, 0) is 9.59 Å². The molecule has 36 heavy (non-hydrogen) atoms. The first-order chi connectivity index (χ1) is 17.1. The molecule has 9 nitrogen and oxygen atoms in total. The van der Waals surface area contributed by atoms with E-state index < -0.39 is 12.1 Å². The first-order valence-corrected chi connectivity index (χ1v) is 12.1. The van der Waals surface area contributed by atoms with Crippen LogP contribution < -0.4 is 10.1 Å². The summed E-state index contributed by atoms with van der Waals surface area (Å²) in [7, 11) is 1.61. The Kier molecular flexibility index (Phi) is 11.9. The zero-order valence-corrected chi connectivity index (χ0v) is 20.6. The molecular formula is C24H35F3N4O5. The molecule has 0 radical (unpaired) electrons. The summed E-state index contributed by atoms with van der Waals surface area (Å²) in [5, 5.41) is 10.4. The molecule has 0 saturated carbocycles. The number of halogens is 3. The van der Waals surface area contributed by atoms with Gasteiger partial charge in [0.15, 0.2) is 0 Å². The number of aliphatic carboxylic acids is 1. The van der Waals surface area contributed by atoms with E-state index in [4.69, 9.17) is 14.6 Å². The van der Waals surface area contributed by atoms with Crippen molar-refractivity contribution in [3.63, 3.8) is 0 Å². The SMILES string of the molecule is COc1ccc(C(=O)N(CCCN2CCCC2)CCC(=O)N2CCNCC2)cc1.O=C(O)C(F)(F)F. The average Bonchev–Trinajstić information content (AvgIpc) is 3.39. The van der Waals surface area contributed by atoms with Crippen molar-refractivity contribution in [2.45, 2.75) is 31.9 Å². The summed E-state index contributed by atoms with van der Waals surface area (Å²) in [5.41, 5.74) is 0.640. The highest BCUT2D eigenvalue weighted by molar-refractivity contribution is 5.94. The van der Waals surface area contributed by atoms with Crippen LogP contribution in [0.5, 0.6) is 5.75 Å². The van der Waals surface area contributed by atoms with Gasteiger partial charge in [-0.1, -0.05) is 0 Å². The second kappa shape index (κ2) is 14.6. The lowest BCUT2D eigenvalue weighted by molar-refractivity contribution is -0.192. The van der Waals surface area contributed by atoms with Gasteiger partial charge < -0.3 is 29.9 Å². The molecule has 3 rings (SSSR count). The van der Waals surface area contributed by atoms with Crippen LogP contribution in [-0.4, -0.2) is 110 Å². The third kappa shape index (κ3) is 10.0. The van der Waals surface area contributed by atoms with Crippen LogP contribution in [0.25, 0.3) is 0 Å². The number of carboxylic acids is 1. The number of carboxylic acid groups (broad SMARTS) is 1. The number of alkyl halides is 3. The molecule has 2 fully saturated rings. The summed E-state index contributed by atoms with van der Waals surface area (Å²) < 4.78 is 36.9. The smallest absolute Gasteiger partial charge is 0.490 e. The fraction of sp³-hybridized carbons (Fsp3) is 0.625. The normalized spacial score (nSPS) is 16.2. The number of nitrogens with one attached hydrogen (secondary N) is 1. The quantitative estimate of drug-likeness (QED) is 0.518.